The highest BCUT2D eigenvalue weighted by atomic mass is 28.4. The molecule has 16 heavy (non-hydrogen) atoms. The molecular weight excluding hydrogens is 222 g/mol. The summed E-state index contributed by atoms with van der Waals surface area (Å²) in [4.78, 5) is 11.3. The van der Waals surface area contributed by atoms with Crippen molar-refractivity contribution in [1.82, 2.24) is 5.32 Å². The number of carbonyl (C=O) groups excluding carboxylic acids is 1. The number of amides is 1. The molecule has 0 aromatic rings. The van der Waals surface area contributed by atoms with Gasteiger partial charge in [-0.3, -0.25) is 4.79 Å². The average Bonchev–Trinajstić information content (AvgIpc) is 1.99. The quantitative estimate of drug-likeness (QED) is 0.584. The smallest absolute Gasteiger partial charge is 0.232 e. The Morgan fingerprint density at radius 2 is 1.94 bits per heavy atom. The molecule has 2 N–H and O–H groups in total. The van der Waals surface area contributed by atoms with Crippen molar-refractivity contribution in [3.05, 3.63) is 0 Å². The fourth-order valence-corrected chi connectivity index (χ4v) is 2.99. The predicted molar refractivity (Wildman–Crippen MR) is 65.4 cm³/mol. The molecule has 94 valence electrons. The Balaban J connectivity index is 2.64. The summed E-state index contributed by atoms with van der Waals surface area (Å²) in [5.41, 5.74) is 0. The van der Waals surface area contributed by atoms with E-state index >= 15 is 0 Å². The SMILES string of the molecule is C[C@@H](O[Si](C)(C)C(C)(C)C)[C@H]1C(=O)NC1O. The number of β-lactam (4-membered cyclic amide) rings is 1. The minimum Gasteiger partial charge on any atom is -0.413 e. The summed E-state index contributed by atoms with van der Waals surface area (Å²) in [5.74, 6) is -0.521. The van der Waals surface area contributed by atoms with Crippen molar-refractivity contribution < 1.29 is 14.3 Å². The normalized spacial score (nSPS) is 28.3. The van der Waals surface area contributed by atoms with Gasteiger partial charge in [0.15, 0.2) is 8.32 Å². The third-order valence-electron chi connectivity index (χ3n) is 3.73. The fourth-order valence-electron chi connectivity index (χ4n) is 1.56. The molecule has 1 fully saturated rings. The zero-order chi connectivity index (χ0) is 12.7. The first-order valence-electron chi connectivity index (χ1n) is 5.72. The van der Waals surface area contributed by atoms with Crippen LogP contribution >= 0.6 is 0 Å². The van der Waals surface area contributed by atoms with Crippen molar-refractivity contribution in [2.75, 3.05) is 0 Å². The first-order valence-corrected chi connectivity index (χ1v) is 8.63. The topological polar surface area (TPSA) is 58.6 Å². The Bertz CT molecular complexity index is 285. The van der Waals surface area contributed by atoms with Crippen molar-refractivity contribution in [3.63, 3.8) is 0 Å². The lowest BCUT2D eigenvalue weighted by Crippen LogP contribution is -2.63. The molecule has 0 aromatic carbocycles. The summed E-state index contributed by atoms with van der Waals surface area (Å²) in [6, 6.07) is 0. The second-order valence-electron chi connectivity index (χ2n) is 6.06. The zero-order valence-corrected chi connectivity index (χ0v) is 12.0. The van der Waals surface area contributed by atoms with E-state index in [-0.39, 0.29) is 17.0 Å². The number of nitrogens with one attached hydrogen (secondary N) is 1. The van der Waals surface area contributed by atoms with Gasteiger partial charge in [0.05, 0.1) is 6.10 Å². The van der Waals surface area contributed by atoms with E-state index in [1.807, 2.05) is 6.92 Å². The molecule has 1 unspecified atom stereocenters. The molecule has 0 bridgehead atoms. The van der Waals surface area contributed by atoms with Crippen molar-refractivity contribution in [2.45, 2.75) is 58.2 Å². The van der Waals surface area contributed by atoms with E-state index in [0.29, 0.717) is 0 Å². The zero-order valence-electron chi connectivity index (χ0n) is 11.0. The van der Waals surface area contributed by atoms with Gasteiger partial charge >= 0.3 is 0 Å². The van der Waals surface area contributed by atoms with Gasteiger partial charge in [0, 0.05) is 0 Å². The predicted octanol–water partition coefficient (Wildman–Crippen LogP) is 1.46. The molecule has 0 aromatic heterocycles. The number of hydrogen-bond acceptors (Lipinski definition) is 3. The van der Waals surface area contributed by atoms with E-state index in [4.69, 9.17) is 4.43 Å². The lowest BCUT2D eigenvalue weighted by Gasteiger charge is -2.43. The fraction of sp³-hybridized carbons (Fsp3) is 0.909. The molecule has 0 saturated carbocycles. The van der Waals surface area contributed by atoms with Crippen molar-refractivity contribution in [2.24, 2.45) is 5.92 Å². The van der Waals surface area contributed by atoms with E-state index in [2.05, 4.69) is 39.2 Å². The van der Waals surface area contributed by atoms with Gasteiger partial charge in [0.25, 0.3) is 0 Å². The molecule has 1 aliphatic rings. The summed E-state index contributed by atoms with van der Waals surface area (Å²) in [6.07, 6.45) is -0.961. The summed E-state index contributed by atoms with van der Waals surface area (Å²) in [6.45, 7) is 12.6. The summed E-state index contributed by atoms with van der Waals surface area (Å²) >= 11 is 0. The molecule has 1 amide bonds. The maximum absolute atomic E-state index is 11.3. The summed E-state index contributed by atoms with van der Waals surface area (Å²) < 4.78 is 6.07. The molecule has 1 rings (SSSR count). The van der Waals surface area contributed by atoms with Crippen LogP contribution in [-0.4, -0.2) is 31.7 Å². The second-order valence-corrected chi connectivity index (χ2v) is 10.8. The maximum atomic E-state index is 11.3. The summed E-state index contributed by atoms with van der Waals surface area (Å²) in [7, 11) is -1.86. The highest BCUT2D eigenvalue weighted by molar-refractivity contribution is 6.74. The number of carbonyl (C=O) groups is 1. The van der Waals surface area contributed by atoms with Gasteiger partial charge < -0.3 is 14.8 Å². The van der Waals surface area contributed by atoms with E-state index in [9.17, 15) is 9.90 Å². The van der Waals surface area contributed by atoms with Crippen molar-refractivity contribution >= 4 is 14.2 Å². The van der Waals surface area contributed by atoms with E-state index < -0.39 is 20.5 Å². The average molecular weight is 245 g/mol. The molecule has 0 aliphatic carbocycles. The van der Waals surface area contributed by atoms with Crippen LogP contribution < -0.4 is 5.32 Å². The van der Waals surface area contributed by atoms with Gasteiger partial charge in [-0.1, -0.05) is 20.8 Å². The van der Waals surface area contributed by atoms with Crippen molar-refractivity contribution in [1.29, 1.82) is 0 Å². The van der Waals surface area contributed by atoms with Crippen LogP contribution in [0.2, 0.25) is 18.1 Å². The molecule has 1 aliphatic heterocycles. The first-order chi connectivity index (χ1) is 7.06. The monoisotopic (exact) mass is 245 g/mol. The second kappa shape index (κ2) is 4.12. The van der Waals surface area contributed by atoms with Crippen LogP contribution in [-0.2, 0) is 9.22 Å². The van der Waals surface area contributed by atoms with Crippen LogP contribution in [0.3, 0.4) is 0 Å². The molecule has 4 nitrogen and oxygen atoms in total. The number of aliphatic hydroxyl groups excluding tert-OH is 1. The highest BCUT2D eigenvalue weighted by Gasteiger charge is 2.46. The molecule has 0 radical (unpaired) electrons. The Morgan fingerprint density at radius 3 is 2.25 bits per heavy atom. The first kappa shape index (κ1) is 13.7. The van der Waals surface area contributed by atoms with E-state index in [1.54, 1.807) is 0 Å². The molecule has 5 heteroatoms. The van der Waals surface area contributed by atoms with E-state index in [1.165, 1.54) is 0 Å². The van der Waals surface area contributed by atoms with Gasteiger partial charge in [-0.05, 0) is 25.1 Å². The van der Waals surface area contributed by atoms with Gasteiger partial charge in [-0.25, -0.2) is 0 Å². The minimum atomic E-state index is -1.86. The molecule has 1 saturated heterocycles. The standard InChI is InChI=1S/C11H23NO3Si/c1-7(8-9(13)12-10(8)14)15-16(5,6)11(2,3)4/h7-9,13H,1-6H3,(H,12,14)/t7-,8-,9?/m1/s1. The number of rotatable bonds is 3. The number of aliphatic hydroxyl groups is 1. The Kier molecular flexibility index (Phi) is 3.52. The highest BCUT2D eigenvalue weighted by Crippen LogP contribution is 2.38. The summed E-state index contributed by atoms with van der Waals surface area (Å²) in [5, 5.41) is 12.0. The third kappa shape index (κ3) is 2.47. The van der Waals surface area contributed by atoms with Gasteiger partial charge in [-0.2, -0.15) is 0 Å². The lowest BCUT2D eigenvalue weighted by molar-refractivity contribution is -0.153. The van der Waals surface area contributed by atoms with Crippen molar-refractivity contribution in [3.8, 4) is 0 Å². The Labute approximate surface area is 98.5 Å². The van der Waals surface area contributed by atoms with Crippen LogP contribution in [0.1, 0.15) is 27.7 Å². The Morgan fingerprint density at radius 1 is 1.44 bits per heavy atom. The minimum absolute atomic E-state index is 0.112. The molecule has 1 heterocycles. The van der Waals surface area contributed by atoms with Crippen LogP contribution in [0.15, 0.2) is 0 Å². The van der Waals surface area contributed by atoms with Gasteiger partial charge in [0.2, 0.25) is 5.91 Å². The van der Waals surface area contributed by atoms with Crippen LogP contribution in [0, 0.1) is 5.92 Å². The number of hydrogen-bond donors (Lipinski definition) is 2. The maximum Gasteiger partial charge on any atom is 0.232 e. The molecular formula is C11H23NO3Si. The Hall–Kier alpha value is -0.393. The van der Waals surface area contributed by atoms with Crippen LogP contribution in [0.25, 0.3) is 0 Å². The third-order valence-corrected chi connectivity index (χ3v) is 8.30. The van der Waals surface area contributed by atoms with Gasteiger partial charge in [0.1, 0.15) is 12.1 Å². The van der Waals surface area contributed by atoms with Gasteiger partial charge in [-0.15, -0.1) is 0 Å². The van der Waals surface area contributed by atoms with Crippen LogP contribution in [0.5, 0.6) is 0 Å². The molecule has 3 atom stereocenters. The molecule has 0 spiro atoms. The van der Waals surface area contributed by atoms with E-state index in [0.717, 1.165) is 0 Å². The van der Waals surface area contributed by atoms with Crippen LogP contribution in [0.4, 0.5) is 0 Å². The lowest BCUT2D eigenvalue weighted by atomic mass is 9.94. The largest absolute Gasteiger partial charge is 0.413 e.